The van der Waals surface area contributed by atoms with Crippen molar-refractivity contribution in [1.82, 2.24) is 15.2 Å². The van der Waals surface area contributed by atoms with Crippen molar-refractivity contribution in [2.75, 3.05) is 26.3 Å². The van der Waals surface area contributed by atoms with Gasteiger partial charge in [-0.2, -0.15) is 13.2 Å². The van der Waals surface area contributed by atoms with Gasteiger partial charge < -0.3 is 15.0 Å². The summed E-state index contributed by atoms with van der Waals surface area (Å²) in [5, 5.41) is 2.16. The first kappa shape index (κ1) is 18.5. The van der Waals surface area contributed by atoms with E-state index in [9.17, 15) is 22.8 Å². The molecule has 1 aliphatic rings. The lowest BCUT2D eigenvalue weighted by Gasteiger charge is -2.35. The molecule has 1 aromatic rings. The molecular formula is C14H15ClF3N3O3. The number of nitrogens with one attached hydrogen (secondary N) is 1. The summed E-state index contributed by atoms with van der Waals surface area (Å²) in [4.78, 5) is 29.4. The molecule has 24 heavy (non-hydrogen) atoms. The molecule has 1 atom stereocenters. The van der Waals surface area contributed by atoms with E-state index < -0.39 is 30.6 Å². The minimum absolute atomic E-state index is 0.0682. The molecule has 1 fully saturated rings. The lowest BCUT2D eigenvalue weighted by molar-refractivity contribution is -0.139. The molecule has 6 nitrogen and oxygen atoms in total. The van der Waals surface area contributed by atoms with Crippen LogP contribution in [-0.4, -0.2) is 60.2 Å². The first-order valence-corrected chi connectivity index (χ1v) is 7.48. The zero-order chi connectivity index (χ0) is 17.7. The number of carbonyl (C=O) groups excluding carboxylic acids is 2. The number of carbonyl (C=O) groups is 2. The molecule has 0 aliphatic carbocycles. The number of ether oxygens (including phenoxy) is 1. The topological polar surface area (TPSA) is 71.5 Å². The zero-order valence-electron chi connectivity index (χ0n) is 12.5. The van der Waals surface area contributed by atoms with Crippen LogP contribution < -0.4 is 5.32 Å². The van der Waals surface area contributed by atoms with E-state index in [1.807, 2.05) is 0 Å². The molecule has 1 aliphatic heterocycles. The Morgan fingerprint density at radius 2 is 2.17 bits per heavy atom. The van der Waals surface area contributed by atoms with Crippen molar-refractivity contribution in [1.29, 1.82) is 0 Å². The monoisotopic (exact) mass is 365 g/mol. The van der Waals surface area contributed by atoms with Gasteiger partial charge in [-0.1, -0.05) is 11.6 Å². The molecule has 1 aromatic heterocycles. The number of hydrogen-bond acceptors (Lipinski definition) is 4. The van der Waals surface area contributed by atoms with E-state index in [0.29, 0.717) is 5.02 Å². The van der Waals surface area contributed by atoms with Gasteiger partial charge in [0.25, 0.3) is 5.91 Å². The highest BCUT2D eigenvalue weighted by atomic mass is 35.5. The molecule has 0 spiro atoms. The molecule has 2 heterocycles. The van der Waals surface area contributed by atoms with Crippen LogP contribution in [0.5, 0.6) is 0 Å². The molecular weight excluding hydrogens is 351 g/mol. The van der Waals surface area contributed by atoms with Gasteiger partial charge >= 0.3 is 6.18 Å². The van der Waals surface area contributed by atoms with Crippen LogP contribution in [0.3, 0.4) is 0 Å². The predicted octanol–water partition coefficient (Wildman–Crippen LogP) is 1.64. The quantitative estimate of drug-likeness (QED) is 0.880. The Labute approximate surface area is 140 Å². The van der Waals surface area contributed by atoms with Gasteiger partial charge in [0, 0.05) is 19.2 Å². The number of hydrogen-bond donors (Lipinski definition) is 1. The van der Waals surface area contributed by atoms with Gasteiger partial charge in [0.05, 0.1) is 24.3 Å². The standard InChI is InChI=1S/C14H15ClF3N3O3/c15-9-1-2-11(19-6-9)13(23)21-3-4-24-7-10(21)5-12(22)20-8-14(16,17)18/h1-2,6,10H,3-5,7-8H2,(H,20,22). The molecule has 1 saturated heterocycles. The van der Waals surface area contributed by atoms with Gasteiger partial charge in [0.2, 0.25) is 5.91 Å². The molecule has 132 valence electrons. The van der Waals surface area contributed by atoms with Gasteiger partial charge in [-0.25, -0.2) is 4.98 Å². The Balaban J connectivity index is 2.00. The number of halogens is 4. The average Bonchev–Trinajstić information content (AvgIpc) is 2.53. The maximum atomic E-state index is 12.5. The summed E-state index contributed by atoms with van der Waals surface area (Å²) in [7, 11) is 0. The molecule has 0 saturated carbocycles. The Morgan fingerprint density at radius 1 is 1.42 bits per heavy atom. The number of morpholine rings is 1. The van der Waals surface area contributed by atoms with Crippen molar-refractivity contribution in [2.45, 2.75) is 18.6 Å². The lowest BCUT2D eigenvalue weighted by Crippen LogP contribution is -2.51. The average molecular weight is 366 g/mol. The second-order valence-corrected chi connectivity index (χ2v) is 5.62. The summed E-state index contributed by atoms with van der Waals surface area (Å²) in [5.41, 5.74) is 0.141. The molecule has 1 unspecified atom stereocenters. The number of pyridine rings is 1. The van der Waals surface area contributed by atoms with E-state index in [1.165, 1.54) is 23.2 Å². The second-order valence-electron chi connectivity index (χ2n) is 5.18. The van der Waals surface area contributed by atoms with Crippen molar-refractivity contribution >= 4 is 23.4 Å². The molecule has 0 radical (unpaired) electrons. The highest BCUT2D eigenvalue weighted by Crippen LogP contribution is 2.16. The van der Waals surface area contributed by atoms with E-state index in [-0.39, 0.29) is 31.9 Å². The minimum Gasteiger partial charge on any atom is -0.377 e. The first-order chi connectivity index (χ1) is 11.3. The summed E-state index contributed by atoms with van der Waals surface area (Å²) in [6.45, 7) is -0.842. The number of nitrogens with zero attached hydrogens (tertiary/aromatic N) is 2. The predicted molar refractivity (Wildman–Crippen MR) is 78.6 cm³/mol. The molecule has 0 bridgehead atoms. The van der Waals surface area contributed by atoms with E-state index in [1.54, 1.807) is 5.32 Å². The van der Waals surface area contributed by atoms with E-state index >= 15 is 0 Å². The first-order valence-electron chi connectivity index (χ1n) is 7.10. The number of aromatic nitrogens is 1. The fourth-order valence-corrected chi connectivity index (χ4v) is 2.34. The van der Waals surface area contributed by atoms with Gasteiger partial charge in [-0.05, 0) is 12.1 Å². The molecule has 1 N–H and O–H groups in total. The Bertz CT molecular complexity index is 595. The van der Waals surface area contributed by atoms with Gasteiger partial charge in [0.1, 0.15) is 12.2 Å². The Kier molecular flexibility index (Phi) is 6.00. The van der Waals surface area contributed by atoms with Crippen LogP contribution >= 0.6 is 11.6 Å². The van der Waals surface area contributed by atoms with Gasteiger partial charge in [0.15, 0.2) is 0 Å². The molecule has 0 aromatic carbocycles. The van der Waals surface area contributed by atoms with Crippen LogP contribution in [0.1, 0.15) is 16.9 Å². The van der Waals surface area contributed by atoms with E-state index in [0.717, 1.165) is 0 Å². The third-order valence-electron chi connectivity index (χ3n) is 3.34. The highest BCUT2D eigenvalue weighted by Gasteiger charge is 2.32. The summed E-state index contributed by atoms with van der Waals surface area (Å²) in [6.07, 6.45) is -3.45. The maximum absolute atomic E-state index is 12.5. The van der Waals surface area contributed by atoms with E-state index in [2.05, 4.69) is 4.98 Å². The van der Waals surface area contributed by atoms with Crippen molar-refractivity contribution in [3.05, 3.63) is 29.0 Å². The highest BCUT2D eigenvalue weighted by molar-refractivity contribution is 6.30. The van der Waals surface area contributed by atoms with Crippen LogP contribution in [0.2, 0.25) is 5.02 Å². The van der Waals surface area contributed by atoms with Crippen LogP contribution in [0, 0.1) is 0 Å². The van der Waals surface area contributed by atoms with Crippen molar-refractivity contribution < 1.29 is 27.5 Å². The second kappa shape index (κ2) is 7.80. The van der Waals surface area contributed by atoms with Crippen molar-refractivity contribution in [2.24, 2.45) is 0 Å². The van der Waals surface area contributed by atoms with Gasteiger partial charge in [-0.15, -0.1) is 0 Å². The fourth-order valence-electron chi connectivity index (χ4n) is 2.23. The number of rotatable bonds is 4. The Morgan fingerprint density at radius 3 is 2.79 bits per heavy atom. The fraction of sp³-hybridized carbons (Fsp3) is 0.500. The summed E-state index contributed by atoms with van der Waals surface area (Å²) in [6, 6.07) is 2.30. The zero-order valence-corrected chi connectivity index (χ0v) is 13.2. The van der Waals surface area contributed by atoms with Gasteiger partial charge in [-0.3, -0.25) is 9.59 Å². The summed E-state index contributed by atoms with van der Waals surface area (Å²) < 4.78 is 41.6. The van der Waals surface area contributed by atoms with Crippen molar-refractivity contribution in [3.8, 4) is 0 Å². The van der Waals surface area contributed by atoms with Crippen LogP contribution in [0.25, 0.3) is 0 Å². The summed E-state index contributed by atoms with van der Waals surface area (Å²) in [5.74, 6) is -1.23. The van der Waals surface area contributed by atoms with Crippen LogP contribution in [0.4, 0.5) is 13.2 Å². The lowest BCUT2D eigenvalue weighted by atomic mass is 10.1. The maximum Gasteiger partial charge on any atom is 0.405 e. The Hall–Kier alpha value is -1.87. The van der Waals surface area contributed by atoms with E-state index in [4.69, 9.17) is 16.3 Å². The third kappa shape index (κ3) is 5.34. The molecule has 10 heteroatoms. The molecule has 2 rings (SSSR count). The van der Waals surface area contributed by atoms with Crippen molar-refractivity contribution in [3.63, 3.8) is 0 Å². The molecule has 2 amide bonds. The SMILES string of the molecule is O=C(CC1COCCN1C(=O)c1ccc(Cl)cn1)NCC(F)(F)F. The third-order valence-corrected chi connectivity index (χ3v) is 3.57. The number of amides is 2. The van der Waals surface area contributed by atoms with Crippen LogP contribution in [0.15, 0.2) is 18.3 Å². The smallest absolute Gasteiger partial charge is 0.377 e. The van der Waals surface area contributed by atoms with Crippen LogP contribution in [-0.2, 0) is 9.53 Å². The normalized spacial score (nSPS) is 18.3. The largest absolute Gasteiger partial charge is 0.405 e. The summed E-state index contributed by atoms with van der Waals surface area (Å²) >= 11 is 5.72. The minimum atomic E-state index is -4.48. The number of alkyl halides is 3.